The smallest absolute Gasteiger partial charge is 0.0964 e. The summed E-state index contributed by atoms with van der Waals surface area (Å²) in [5, 5.41) is 24.3. The van der Waals surface area contributed by atoms with Gasteiger partial charge in [-0.15, -0.1) is 5.10 Å². The van der Waals surface area contributed by atoms with Crippen LogP contribution in [-0.2, 0) is 26.7 Å². The van der Waals surface area contributed by atoms with Crippen LogP contribution in [0.2, 0.25) is 0 Å². The van der Waals surface area contributed by atoms with E-state index in [0.29, 0.717) is 19.5 Å². The molecule has 2 N–H and O–H groups in total. The molecule has 0 aliphatic carbocycles. The zero-order chi connectivity index (χ0) is 13.7. The molecule has 0 atom stereocenters. The van der Waals surface area contributed by atoms with Crippen LogP contribution in [0.4, 0.5) is 0 Å². The minimum atomic E-state index is 0.174. The first-order valence-electron chi connectivity index (χ1n) is 6.38. The zero-order valence-electron chi connectivity index (χ0n) is 11.4. The van der Waals surface area contributed by atoms with Gasteiger partial charge in [-0.3, -0.25) is 9.36 Å². The summed E-state index contributed by atoms with van der Waals surface area (Å²) >= 11 is 0. The van der Waals surface area contributed by atoms with Crippen LogP contribution >= 0.6 is 0 Å². The maximum Gasteiger partial charge on any atom is 0.0964 e. The molecule has 104 valence electrons. The van der Waals surface area contributed by atoms with E-state index in [4.69, 9.17) is 5.11 Å². The zero-order valence-corrected chi connectivity index (χ0v) is 11.4. The Bertz CT molecular complexity index is 518. The van der Waals surface area contributed by atoms with Gasteiger partial charge in [0.1, 0.15) is 0 Å². The van der Waals surface area contributed by atoms with Gasteiger partial charge in [0.2, 0.25) is 0 Å². The van der Waals surface area contributed by atoms with Crippen LogP contribution in [-0.4, -0.2) is 36.5 Å². The molecule has 0 unspecified atom stereocenters. The average molecular weight is 264 g/mol. The molecule has 2 rings (SSSR count). The van der Waals surface area contributed by atoms with E-state index in [1.165, 1.54) is 11.3 Å². The molecule has 0 aliphatic heterocycles. The molecule has 0 saturated carbocycles. The predicted molar refractivity (Wildman–Crippen MR) is 70.2 cm³/mol. The minimum absolute atomic E-state index is 0.174. The maximum absolute atomic E-state index is 8.75. The lowest BCUT2D eigenvalue weighted by molar-refractivity contribution is 0.276. The van der Waals surface area contributed by atoms with Gasteiger partial charge in [-0.1, -0.05) is 5.21 Å². The molecule has 0 fully saturated rings. The number of nitrogens with zero attached hydrogens (tertiary/aromatic N) is 5. The summed E-state index contributed by atoms with van der Waals surface area (Å²) in [6.45, 7) is 4.37. The number of nitrogens with one attached hydrogen (secondary N) is 1. The van der Waals surface area contributed by atoms with Crippen molar-refractivity contribution in [3.63, 3.8) is 0 Å². The van der Waals surface area contributed by atoms with Crippen molar-refractivity contribution in [2.45, 2.75) is 33.0 Å². The third-order valence-electron chi connectivity index (χ3n) is 3.09. The van der Waals surface area contributed by atoms with Gasteiger partial charge in [-0.25, -0.2) is 0 Å². The Balaban J connectivity index is 1.79. The SMILES string of the molecule is Cc1c(CNCc2cn(CCCO)nn2)cnn1C. The average Bonchev–Trinajstić information content (AvgIpc) is 2.98. The van der Waals surface area contributed by atoms with Crippen molar-refractivity contribution in [1.82, 2.24) is 30.1 Å². The molecule has 0 amide bonds. The summed E-state index contributed by atoms with van der Waals surface area (Å²) in [6, 6.07) is 0. The first-order valence-corrected chi connectivity index (χ1v) is 6.38. The van der Waals surface area contributed by atoms with Gasteiger partial charge in [0.15, 0.2) is 0 Å². The topological polar surface area (TPSA) is 80.8 Å². The van der Waals surface area contributed by atoms with Crippen molar-refractivity contribution in [2.75, 3.05) is 6.61 Å². The molecule has 19 heavy (non-hydrogen) atoms. The molecule has 2 heterocycles. The monoisotopic (exact) mass is 264 g/mol. The van der Waals surface area contributed by atoms with E-state index in [9.17, 15) is 0 Å². The van der Waals surface area contributed by atoms with Gasteiger partial charge in [0.05, 0.1) is 11.9 Å². The van der Waals surface area contributed by atoms with E-state index in [2.05, 4.69) is 27.7 Å². The van der Waals surface area contributed by atoms with Crippen LogP contribution in [0, 0.1) is 6.92 Å². The van der Waals surface area contributed by atoms with E-state index >= 15 is 0 Å². The molecule has 0 radical (unpaired) electrons. The van der Waals surface area contributed by atoms with Crippen molar-refractivity contribution >= 4 is 0 Å². The van der Waals surface area contributed by atoms with E-state index < -0.39 is 0 Å². The van der Waals surface area contributed by atoms with E-state index in [1.807, 2.05) is 24.1 Å². The summed E-state index contributed by atoms with van der Waals surface area (Å²) in [4.78, 5) is 0. The third-order valence-corrected chi connectivity index (χ3v) is 3.09. The molecular weight excluding hydrogens is 244 g/mol. The second-order valence-electron chi connectivity index (χ2n) is 4.53. The quantitative estimate of drug-likeness (QED) is 0.735. The lowest BCUT2D eigenvalue weighted by Crippen LogP contribution is -2.13. The Morgan fingerprint density at radius 3 is 2.89 bits per heavy atom. The highest BCUT2D eigenvalue weighted by Crippen LogP contribution is 2.05. The van der Waals surface area contributed by atoms with Gasteiger partial charge < -0.3 is 10.4 Å². The third kappa shape index (κ3) is 3.62. The van der Waals surface area contributed by atoms with Crippen molar-refractivity contribution in [2.24, 2.45) is 7.05 Å². The van der Waals surface area contributed by atoms with Crippen LogP contribution in [0.3, 0.4) is 0 Å². The predicted octanol–water partition coefficient (Wildman–Crippen LogP) is -0.00778. The number of aryl methyl sites for hydroxylation is 2. The molecule has 2 aromatic rings. The van der Waals surface area contributed by atoms with Crippen LogP contribution < -0.4 is 5.32 Å². The summed E-state index contributed by atoms with van der Waals surface area (Å²) in [5.74, 6) is 0. The molecule has 7 heteroatoms. The van der Waals surface area contributed by atoms with Gasteiger partial charge in [-0.05, 0) is 13.3 Å². The summed E-state index contributed by atoms with van der Waals surface area (Å²) in [5.41, 5.74) is 3.26. The maximum atomic E-state index is 8.75. The van der Waals surface area contributed by atoms with Crippen LogP contribution in [0.25, 0.3) is 0 Å². The normalized spacial score (nSPS) is 11.1. The Hall–Kier alpha value is -1.73. The molecule has 2 aromatic heterocycles. The second kappa shape index (κ2) is 6.44. The molecular formula is C12H20N6O. The summed E-state index contributed by atoms with van der Waals surface area (Å²) in [7, 11) is 1.94. The molecule has 0 spiro atoms. The molecule has 7 nitrogen and oxygen atoms in total. The van der Waals surface area contributed by atoms with Gasteiger partial charge in [-0.2, -0.15) is 5.10 Å². The fraction of sp³-hybridized carbons (Fsp3) is 0.583. The van der Waals surface area contributed by atoms with Gasteiger partial charge >= 0.3 is 0 Å². The fourth-order valence-corrected chi connectivity index (χ4v) is 1.80. The summed E-state index contributed by atoms with van der Waals surface area (Å²) < 4.78 is 3.62. The Morgan fingerprint density at radius 1 is 1.37 bits per heavy atom. The second-order valence-corrected chi connectivity index (χ2v) is 4.53. The Labute approximate surface area is 112 Å². The largest absolute Gasteiger partial charge is 0.396 e. The van der Waals surface area contributed by atoms with E-state index in [0.717, 1.165) is 12.2 Å². The number of hydrogen-bond acceptors (Lipinski definition) is 5. The number of aliphatic hydroxyl groups excluding tert-OH is 1. The van der Waals surface area contributed by atoms with Crippen molar-refractivity contribution < 1.29 is 5.11 Å². The highest BCUT2D eigenvalue weighted by molar-refractivity contribution is 5.15. The molecule has 0 aromatic carbocycles. The number of aliphatic hydroxyl groups is 1. The molecule has 0 bridgehead atoms. The Kier molecular flexibility index (Phi) is 4.64. The highest BCUT2D eigenvalue weighted by Gasteiger charge is 2.04. The van der Waals surface area contributed by atoms with Crippen LogP contribution in [0.1, 0.15) is 23.4 Å². The van der Waals surface area contributed by atoms with Gasteiger partial charge in [0.25, 0.3) is 0 Å². The lowest BCUT2D eigenvalue weighted by Gasteiger charge is -2.02. The lowest BCUT2D eigenvalue weighted by atomic mass is 10.2. The standard InChI is InChI=1S/C12H20N6O/c1-10-11(7-14-17(10)2)6-13-8-12-9-18(16-15-12)4-3-5-19/h7,9,13,19H,3-6,8H2,1-2H3. The van der Waals surface area contributed by atoms with Crippen molar-refractivity contribution in [3.05, 3.63) is 29.3 Å². The summed E-state index contributed by atoms with van der Waals surface area (Å²) in [6.07, 6.45) is 4.48. The molecule has 0 saturated heterocycles. The number of hydrogen-bond donors (Lipinski definition) is 2. The number of rotatable bonds is 7. The van der Waals surface area contributed by atoms with E-state index in [1.54, 1.807) is 4.68 Å². The van der Waals surface area contributed by atoms with Crippen molar-refractivity contribution in [1.29, 1.82) is 0 Å². The van der Waals surface area contributed by atoms with Crippen LogP contribution in [0.15, 0.2) is 12.4 Å². The molecule has 0 aliphatic rings. The minimum Gasteiger partial charge on any atom is -0.396 e. The Morgan fingerprint density at radius 2 is 2.21 bits per heavy atom. The number of aromatic nitrogens is 5. The van der Waals surface area contributed by atoms with Gasteiger partial charge in [0, 0.05) is 50.7 Å². The first kappa shape index (κ1) is 13.7. The fourth-order valence-electron chi connectivity index (χ4n) is 1.80. The first-order chi connectivity index (χ1) is 9.20. The van der Waals surface area contributed by atoms with E-state index in [-0.39, 0.29) is 6.61 Å². The van der Waals surface area contributed by atoms with Crippen LogP contribution in [0.5, 0.6) is 0 Å². The van der Waals surface area contributed by atoms with Crippen molar-refractivity contribution in [3.8, 4) is 0 Å². The highest BCUT2D eigenvalue weighted by atomic mass is 16.3.